The molecule has 1 N–H and O–H groups in total. The summed E-state index contributed by atoms with van der Waals surface area (Å²) in [6.45, 7) is 4.27. The van der Waals surface area contributed by atoms with Gasteiger partial charge in [0.1, 0.15) is 12.1 Å². The monoisotopic (exact) mass is 273 g/mol. The van der Waals surface area contributed by atoms with Crippen molar-refractivity contribution in [3.05, 3.63) is 36.2 Å². The van der Waals surface area contributed by atoms with Crippen LogP contribution in [0.2, 0.25) is 0 Å². The van der Waals surface area contributed by atoms with Crippen LogP contribution in [0.3, 0.4) is 0 Å². The van der Waals surface area contributed by atoms with E-state index >= 15 is 0 Å². The third kappa shape index (κ3) is 2.31. The molecular formula is C13H15N5S. The fourth-order valence-corrected chi connectivity index (χ4v) is 2.78. The van der Waals surface area contributed by atoms with Gasteiger partial charge in [-0.15, -0.1) is 11.3 Å². The number of hydrogen-bond donors (Lipinski definition) is 1. The minimum absolute atomic E-state index is 0.222. The molecule has 0 fully saturated rings. The number of aromatic nitrogens is 4. The molecule has 19 heavy (non-hydrogen) atoms. The lowest BCUT2D eigenvalue weighted by molar-refractivity contribution is 0.443. The maximum Gasteiger partial charge on any atom is 0.147 e. The second-order valence-corrected chi connectivity index (χ2v) is 5.43. The number of hydrogen-bond acceptors (Lipinski definition) is 5. The van der Waals surface area contributed by atoms with Crippen molar-refractivity contribution >= 4 is 27.4 Å². The summed E-state index contributed by atoms with van der Waals surface area (Å²) in [5, 5.41) is 9.77. The van der Waals surface area contributed by atoms with Crippen molar-refractivity contribution in [3.8, 4) is 0 Å². The van der Waals surface area contributed by atoms with E-state index in [-0.39, 0.29) is 12.1 Å². The molecule has 0 saturated heterocycles. The van der Waals surface area contributed by atoms with Crippen LogP contribution < -0.4 is 5.32 Å². The first-order valence-corrected chi connectivity index (χ1v) is 7.07. The maximum absolute atomic E-state index is 4.34. The van der Waals surface area contributed by atoms with E-state index in [2.05, 4.69) is 34.2 Å². The van der Waals surface area contributed by atoms with Gasteiger partial charge in [0, 0.05) is 18.4 Å². The van der Waals surface area contributed by atoms with Crippen LogP contribution in [0, 0.1) is 0 Å². The molecule has 0 aliphatic heterocycles. The van der Waals surface area contributed by atoms with E-state index in [9.17, 15) is 0 Å². The van der Waals surface area contributed by atoms with Crippen molar-refractivity contribution in [2.45, 2.75) is 25.9 Å². The average Bonchev–Trinajstić information content (AvgIpc) is 3.09. The van der Waals surface area contributed by atoms with Gasteiger partial charge in [0.15, 0.2) is 0 Å². The number of rotatable bonds is 4. The van der Waals surface area contributed by atoms with Crippen LogP contribution in [0.1, 0.15) is 19.9 Å². The number of anilines is 1. The Kier molecular flexibility index (Phi) is 3.16. The Balaban J connectivity index is 1.83. The largest absolute Gasteiger partial charge is 0.364 e. The number of fused-ring (bicyclic) bond motifs is 1. The molecule has 0 spiro atoms. The van der Waals surface area contributed by atoms with Crippen molar-refractivity contribution < 1.29 is 0 Å². The minimum Gasteiger partial charge on any atom is -0.364 e. The smallest absolute Gasteiger partial charge is 0.147 e. The molecule has 0 aliphatic rings. The van der Waals surface area contributed by atoms with Crippen molar-refractivity contribution in [1.82, 2.24) is 19.7 Å². The normalized spacial score (nSPS) is 14.4. The zero-order valence-corrected chi connectivity index (χ0v) is 11.6. The molecule has 5 nitrogen and oxygen atoms in total. The van der Waals surface area contributed by atoms with Gasteiger partial charge in [0.2, 0.25) is 0 Å². The van der Waals surface area contributed by atoms with E-state index in [1.807, 2.05) is 28.4 Å². The average molecular weight is 273 g/mol. The fraction of sp³-hybridized carbons (Fsp3) is 0.308. The Morgan fingerprint density at radius 3 is 3.00 bits per heavy atom. The van der Waals surface area contributed by atoms with Crippen LogP contribution in [0.5, 0.6) is 0 Å². The lowest BCUT2D eigenvalue weighted by atomic mass is 10.2. The summed E-state index contributed by atoms with van der Waals surface area (Å²) in [6, 6.07) is 4.42. The van der Waals surface area contributed by atoms with Crippen LogP contribution in [0.4, 0.5) is 5.82 Å². The lowest BCUT2D eigenvalue weighted by Gasteiger charge is -2.22. The van der Waals surface area contributed by atoms with E-state index in [1.54, 1.807) is 23.9 Å². The van der Waals surface area contributed by atoms with Crippen molar-refractivity contribution in [3.63, 3.8) is 0 Å². The van der Waals surface area contributed by atoms with Crippen LogP contribution >= 0.6 is 11.3 Å². The third-order valence-electron chi connectivity index (χ3n) is 3.27. The molecule has 98 valence electrons. The molecule has 0 amide bonds. The summed E-state index contributed by atoms with van der Waals surface area (Å²) in [4.78, 5) is 8.59. The summed E-state index contributed by atoms with van der Waals surface area (Å²) in [7, 11) is 0. The summed E-state index contributed by atoms with van der Waals surface area (Å²) >= 11 is 1.66. The van der Waals surface area contributed by atoms with Gasteiger partial charge in [-0.3, -0.25) is 4.68 Å². The molecule has 0 bridgehead atoms. The molecule has 3 heterocycles. The molecule has 3 rings (SSSR count). The SMILES string of the molecule is C[C@H](Nc1ncnc2ccsc12)[C@H](C)n1cccn1. The second kappa shape index (κ2) is 4.97. The third-order valence-corrected chi connectivity index (χ3v) is 4.18. The van der Waals surface area contributed by atoms with Gasteiger partial charge in [-0.1, -0.05) is 0 Å². The standard InChI is InChI=1S/C13H15N5S/c1-9(10(2)18-6-3-5-16-18)17-13-12-11(4-7-19-12)14-8-15-13/h3-10H,1-2H3,(H,14,15,17)/t9-,10-/m0/s1. The second-order valence-electron chi connectivity index (χ2n) is 4.52. The zero-order valence-electron chi connectivity index (χ0n) is 10.8. The first-order chi connectivity index (χ1) is 9.25. The summed E-state index contributed by atoms with van der Waals surface area (Å²) < 4.78 is 3.05. The molecule has 2 atom stereocenters. The Bertz CT molecular complexity index is 661. The van der Waals surface area contributed by atoms with Crippen LogP contribution in [-0.4, -0.2) is 25.8 Å². The topological polar surface area (TPSA) is 55.6 Å². The van der Waals surface area contributed by atoms with Gasteiger partial charge in [0.25, 0.3) is 0 Å². The summed E-state index contributed by atoms with van der Waals surface area (Å²) in [5.41, 5.74) is 0.987. The summed E-state index contributed by atoms with van der Waals surface area (Å²) in [6.07, 6.45) is 5.37. The van der Waals surface area contributed by atoms with Gasteiger partial charge in [-0.25, -0.2) is 9.97 Å². The highest BCUT2D eigenvalue weighted by atomic mass is 32.1. The Morgan fingerprint density at radius 1 is 1.32 bits per heavy atom. The predicted octanol–water partition coefficient (Wildman–Crippen LogP) is 2.95. The molecule has 0 unspecified atom stereocenters. The molecule has 0 saturated carbocycles. The van der Waals surface area contributed by atoms with E-state index in [4.69, 9.17) is 0 Å². The van der Waals surface area contributed by atoms with E-state index in [0.29, 0.717) is 0 Å². The van der Waals surface area contributed by atoms with Crippen molar-refractivity contribution in [1.29, 1.82) is 0 Å². The molecule has 0 aliphatic carbocycles. The number of nitrogens with one attached hydrogen (secondary N) is 1. The highest BCUT2D eigenvalue weighted by molar-refractivity contribution is 7.17. The predicted molar refractivity (Wildman–Crippen MR) is 77.4 cm³/mol. The Labute approximate surface area is 115 Å². The number of nitrogens with zero attached hydrogens (tertiary/aromatic N) is 4. The first kappa shape index (κ1) is 12.1. The van der Waals surface area contributed by atoms with E-state index in [1.165, 1.54) is 0 Å². The van der Waals surface area contributed by atoms with Crippen molar-refractivity contribution in [2.24, 2.45) is 0 Å². The minimum atomic E-state index is 0.222. The van der Waals surface area contributed by atoms with Gasteiger partial charge >= 0.3 is 0 Å². The van der Waals surface area contributed by atoms with Crippen LogP contribution in [0.25, 0.3) is 10.2 Å². The molecule has 6 heteroatoms. The fourth-order valence-electron chi connectivity index (χ4n) is 1.98. The number of thiophene rings is 1. The van der Waals surface area contributed by atoms with E-state index < -0.39 is 0 Å². The van der Waals surface area contributed by atoms with E-state index in [0.717, 1.165) is 16.0 Å². The first-order valence-electron chi connectivity index (χ1n) is 6.19. The highest BCUT2D eigenvalue weighted by Crippen LogP contribution is 2.26. The van der Waals surface area contributed by atoms with Crippen LogP contribution in [-0.2, 0) is 0 Å². The van der Waals surface area contributed by atoms with Gasteiger partial charge in [-0.05, 0) is 31.4 Å². The van der Waals surface area contributed by atoms with Crippen molar-refractivity contribution in [2.75, 3.05) is 5.32 Å². The molecule has 3 aromatic heterocycles. The van der Waals surface area contributed by atoms with Crippen LogP contribution in [0.15, 0.2) is 36.2 Å². The molecular weight excluding hydrogens is 258 g/mol. The molecule has 0 aromatic carbocycles. The highest BCUT2D eigenvalue weighted by Gasteiger charge is 2.16. The quantitative estimate of drug-likeness (QED) is 0.794. The van der Waals surface area contributed by atoms with Gasteiger partial charge < -0.3 is 5.32 Å². The lowest BCUT2D eigenvalue weighted by Crippen LogP contribution is -2.27. The molecule has 3 aromatic rings. The zero-order chi connectivity index (χ0) is 13.2. The Morgan fingerprint density at radius 2 is 2.21 bits per heavy atom. The van der Waals surface area contributed by atoms with Gasteiger partial charge in [0.05, 0.1) is 16.3 Å². The summed E-state index contributed by atoms with van der Waals surface area (Å²) in [5.74, 6) is 0.895. The Hall–Kier alpha value is -1.95. The molecule has 0 radical (unpaired) electrons. The van der Waals surface area contributed by atoms with Gasteiger partial charge in [-0.2, -0.15) is 5.10 Å². The maximum atomic E-state index is 4.34.